The van der Waals surface area contributed by atoms with E-state index >= 15 is 0 Å². The normalized spacial score (nSPS) is 13.8. The van der Waals surface area contributed by atoms with E-state index in [-0.39, 0.29) is 5.91 Å². The van der Waals surface area contributed by atoms with Gasteiger partial charge in [-0.05, 0) is 56.4 Å². The topological polar surface area (TPSA) is 55.1 Å². The molecular formula is C19H19BrN2O2S. The number of aromatic nitrogens is 1. The molecule has 0 spiro atoms. The van der Waals surface area contributed by atoms with Crippen molar-refractivity contribution in [1.29, 1.82) is 0 Å². The Morgan fingerprint density at radius 1 is 1.28 bits per heavy atom. The Morgan fingerprint density at radius 3 is 3.04 bits per heavy atom. The van der Waals surface area contributed by atoms with E-state index in [1.54, 1.807) is 6.07 Å². The number of rotatable bonds is 5. The number of nitrogens with one attached hydrogen (secondary N) is 1. The van der Waals surface area contributed by atoms with Gasteiger partial charge in [0.1, 0.15) is 5.58 Å². The van der Waals surface area contributed by atoms with Gasteiger partial charge in [-0.15, -0.1) is 11.3 Å². The van der Waals surface area contributed by atoms with Gasteiger partial charge in [0.05, 0.1) is 10.7 Å². The van der Waals surface area contributed by atoms with Gasteiger partial charge < -0.3 is 9.73 Å². The Kier molecular flexibility index (Phi) is 4.90. The second kappa shape index (κ2) is 7.30. The van der Waals surface area contributed by atoms with Gasteiger partial charge in [0.25, 0.3) is 5.91 Å². The molecule has 2 heterocycles. The number of aryl methyl sites for hydroxylation is 3. The summed E-state index contributed by atoms with van der Waals surface area (Å²) in [5.41, 5.74) is 2.03. The van der Waals surface area contributed by atoms with E-state index in [1.807, 2.05) is 29.5 Å². The fourth-order valence-corrected chi connectivity index (χ4v) is 4.74. The van der Waals surface area contributed by atoms with Gasteiger partial charge in [-0.1, -0.05) is 15.9 Å². The quantitative estimate of drug-likeness (QED) is 0.599. The number of carbonyl (C=O) groups excluding carboxylic acids is 1. The summed E-state index contributed by atoms with van der Waals surface area (Å²) >= 11 is 5.27. The Labute approximate surface area is 158 Å². The third-order valence-electron chi connectivity index (χ3n) is 4.45. The second-order valence-corrected chi connectivity index (χ2v) is 8.42. The molecule has 0 saturated heterocycles. The van der Waals surface area contributed by atoms with Crippen LogP contribution in [0.5, 0.6) is 0 Å². The lowest BCUT2D eigenvalue weighted by Crippen LogP contribution is -2.24. The fraction of sp³-hybridized carbons (Fsp3) is 0.368. The molecule has 25 heavy (non-hydrogen) atoms. The summed E-state index contributed by atoms with van der Waals surface area (Å²) in [5, 5.41) is 5.07. The number of fused-ring (bicyclic) bond motifs is 2. The number of amides is 1. The van der Waals surface area contributed by atoms with E-state index in [2.05, 4.69) is 21.2 Å². The van der Waals surface area contributed by atoms with Crippen LogP contribution in [-0.4, -0.2) is 17.4 Å². The lowest BCUT2D eigenvalue weighted by molar-refractivity contribution is 0.0927. The predicted molar refractivity (Wildman–Crippen MR) is 103 cm³/mol. The second-order valence-electron chi connectivity index (χ2n) is 6.34. The zero-order valence-corrected chi connectivity index (χ0v) is 16.2. The molecule has 1 amide bonds. The predicted octanol–water partition coefficient (Wildman–Crippen LogP) is 4.89. The molecule has 0 aliphatic heterocycles. The fourth-order valence-electron chi connectivity index (χ4n) is 3.17. The Morgan fingerprint density at radius 2 is 2.16 bits per heavy atom. The number of hydrogen-bond acceptors (Lipinski definition) is 4. The first-order valence-corrected chi connectivity index (χ1v) is 10.2. The summed E-state index contributed by atoms with van der Waals surface area (Å²) in [6.07, 6.45) is 6.69. The molecule has 1 N–H and O–H groups in total. The highest BCUT2D eigenvalue weighted by atomic mass is 79.9. The van der Waals surface area contributed by atoms with Crippen LogP contribution in [0.4, 0.5) is 0 Å². The van der Waals surface area contributed by atoms with E-state index < -0.39 is 0 Å². The number of thiazole rings is 1. The molecule has 1 aromatic carbocycles. The van der Waals surface area contributed by atoms with Gasteiger partial charge in [0, 0.05) is 27.7 Å². The first-order valence-electron chi connectivity index (χ1n) is 8.64. The van der Waals surface area contributed by atoms with Crippen LogP contribution in [0.1, 0.15) is 45.4 Å². The SMILES string of the molecule is O=C(NCCCc1nc2c(s1)CCCC2)c1cc2cc(Br)ccc2o1. The highest BCUT2D eigenvalue weighted by molar-refractivity contribution is 9.10. The van der Waals surface area contributed by atoms with Crippen LogP contribution >= 0.6 is 27.3 Å². The van der Waals surface area contributed by atoms with Crippen molar-refractivity contribution < 1.29 is 9.21 Å². The van der Waals surface area contributed by atoms with Crippen LogP contribution in [-0.2, 0) is 19.3 Å². The molecule has 6 heteroatoms. The van der Waals surface area contributed by atoms with Crippen molar-refractivity contribution in [2.75, 3.05) is 6.54 Å². The molecule has 130 valence electrons. The van der Waals surface area contributed by atoms with Crippen molar-refractivity contribution in [3.05, 3.63) is 50.1 Å². The molecule has 0 atom stereocenters. The van der Waals surface area contributed by atoms with Crippen LogP contribution in [0.2, 0.25) is 0 Å². The summed E-state index contributed by atoms with van der Waals surface area (Å²) in [7, 11) is 0. The van der Waals surface area contributed by atoms with Gasteiger partial charge >= 0.3 is 0 Å². The smallest absolute Gasteiger partial charge is 0.287 e. The number of halogens is 1. The molecule has 3 aromatic rings. The van der Waals surface area contributed by atoms with Crippen molar-refractivity contribution in [3.8, 4) is 0 Å². The van der Waals surface area contributed by atoms with Gasteiger partial charge in [0.2, 0.25) is 0 Å². The Hall–Kier alpha value is -1.66. The van der Waals surface area contributed by atoms with Crippen molar-refractivity contribution in [2.45, 2.75) is 38.5 Å². The molecule has 0 radical (unpaired) electrons. The van der Waals surface area contributed by atoms with Crippen molar-refractivity contribution in [3.63, 3.8) is 0 Å². The highest BCUT2D eigenvalue weighted by Gasteiger charge is 2.15. The molecule has 0 bridgehead atoms. The van der Waals surface area contributed by atoms with Crippen LogP contribution in [0.25, 0.3) is 11.0 Å². The monoisotopic (exact) mass is 418 g/mol. The minimum absolute atomic E-state index is 0.161. The van der Waals surface area contributed by atoms with E-state index in [0.717, 1.165) is 34.7 Å². The first-order chi connectivity index (χ1) is 12.2. The van der Waals surface area contributed by atoms with E-state index in [0.29, 0.717) is 12.3 Å². The number of benzene rings is 1. The Bertz CT molecular complexity index is 892. The summed E-state index contributed by atoms with van der Waals surface area (Å²) in [6.45, 7) is 0.629. The summed E-state index contributed by atoms with van der Waals surface area (Å²) < 4.78 is 6.58. The van der Waals surface area contributed by atoms with Gasteiger partial charge in [-0.2, -0.15) is 0 Å². The minimum Gasteiger partial charge on any atom is -0.451 e. The molecule has 2 aromatic heterocycles. The first kappa shape index (κ1) is 16.8. The molecule has 4 rings (SSSR count). The van der Waals surface area contributed by atoms with Crippen molar-refractivity contribution in [2.24, 2.45) is 0 Å². The third-order valence-corrected chi connectivity index (χ3v) is 6.16. The summed E-state index contributed by atoms with van der Waals surface area (Å²) in [5.74, 6) is 0.198. The largest absolute Gasteiger partial charge is 0.451 e. The van der Waals surface area contributed by atoms with Crippen LogP contribution in [0.15, 0.2) is 33.2 Å². The molecule has 1 aliphatic carbocycles. The number of nitrogens with zero attached hydrogens (tertiary/aromatic N) is 1. The summed E-state index contributed by atoms with van der Waals surface area (Å²) in [4.78, 5) is 18.5. The number of carbonyl (C=O) groups is 1. The average Bonchev–Trinajstić information content (AvgIpc) is 3.21. The molecular weight excluding hydrogens is 400 g/mol. The zero-order chi connectivity index (χ0) is 17.2. The lowest BCUT2D eigenvalue weighted by atomic mass is 10.0. The van der Waals surface area contributed by atoms with Gasteiger partial charge in [-0.3, -0.25) is 4.79 Å². The van der Waals surface area contributed by atoms with Crippen LogP contribution < -0.4 is 5.32 Å². The van der Waals surface area contributed by atoms with Gasteiger partial charge in [0.15, 0.2) is 5.76 Å². The van der Waals surface area contributed by atoms with Crippen LogP contribution in [0.3, 0.4) is 0 Å². The van der Waals surface area contributed by atoms with Crippen LogP contribution in [0, 0.1) is 0 Å². The maximum atomic E-state index is 12.2. The standard InChI is InChI=1S/C19H19BrN2O2S/c20-13-7-8-15-12(10-13)11-16(24-15)19(23)21-9-3-6-18-22-14-4-1-2-5-17(14)25-18/h7-8,10-11H,1-6,9H2,(H,21,23). The number of hydrogen-bond donors (Lipinski definition) is 1. The molecule has 1 aliphatic rings. The maximum absolute atomic E-state index is 12.2. The average molecular weight is 419 g/mol. The Balaban J connectivity index is 1.30. The van der Waals surface area contributed by atoms with Crippen molar-refractivity contribution in [1.82, 2.24) is 10.3 Å². The minimum atomic E-state index is -0.161. The molecule has 0 unspecified atom stereocenters. The van der Waals surface area contributed by atoms with E-state index in [9.17, 15) is 4.79 Å². The maximum Gasteiger partial charge on any atom is 0.287 e. The highest BCUT2D eigenvalue weighted by Crippen LogP contribution is 2.27. The molecule has 4 nitrogen and oxygen atoms in total. The molecule has 0 fully saturated rings. The van der Waals surface area contributed by atoms with Crippen molar-refractivity contribution >= 4 is 44.1 Å². The molecule has 0 saturated carbocycles. The van der Waals surface area contributed by atoms with E-state index in [4.69, 9.17) is 9.40 Å². The van der Waals surface area contributed by atoms with Gasteiger partial charge in [-0.25, -0.2) is 4.98 Å². The third kappa shape index (κ3) is 3.80. The number of furan rings is 1. The van der Waals surface area contributed by atoms with E-state index in [1.165, 1.54) is 34.8 Å². The zero-order valence-electron chi connectivity index (χ0n) is 13.8. The summed E-state index contributed by atoms with van der Waals surface area (Å²) in [6, 6.07) is 7.49. The lowest BCUT2D eigenvalue weighted by Gasteiger charge is -2.06.